The van der Waals surface area contributed by atoms with Crippen molar-refractivity contribution in [3.05, 3.63) is 0 Å². The van der Waals surface area contributed by atoms with Crippen LogP contribution in [0.3, 0.4) is 0 Å². The lowest BCUT2D eigenvalue weighted by molar-refractivity contribution is 0.0947. The van der Waals surface area contributed by atoms with Crippen molar-refractivity contribution in [2.24, 2.45) is 11.1 Å². The van der Waals surface area contributed by atoms with E-state index in [2.05, 4.69) is 32.7 Å². The van der Waals surface area contributed by atoms with E-state index in [1.165, 1.54) is 25.8 Å². The predicted octanol–water partition coefficient (Wildman–Crippen LogP) is 1.84. The van der Waals surface area contributed by atoms with E-state index in [0.29, 0.717) is 17.5 Å². The summed E-state index contributed by atoms with van der Waals surface area (Å²) in [6.45, 7) is 8.06. The van der Waals surface area contributed by atoms with Gasteiger partial charge in [-0.25, -0.2) is 0 Å². The highest BCUT2D eigenvalue weighted by atomic mass is 15.1. The van der Waals surface area contributed by atoms with E-state index in [1.54, 1.807) is 0 Å². The summed E-state index contributed by atoms with van der Waals surface area (Å²) < 4.78 is 0. The second-order valence-corrected chi connectivity index (χ2v) is 5.30. The van der Waals surface area contributed by atoms with E-state index in [0.717, 1.165) is 0 Å². The van der Waals surface area contributed by atoms with Crippen molar-refractivity contribution < 1.29 is 0 Å². The third kappa shape index (κ3) is 2.96. The molecule has 0 bridgehead atoms. The second kappa shape index (κ2) is 3.97. The zero-order chi connectivity index (χ0) is 10.1. The van der Waals surface area contributed by atoms with Crippen LogP contribution in [0, 0.1) is 5.41 Å². The van der Waals surface area contributed by atoms with Crippen LogP contribution in [-0.4, -0.2) is 30.6 Å². The van der Waals surface area contributed by atoms with Gasteiger partial charge in [-0.1, -0.05) is 6.92 Å². The monoisotopic (exact) mass is 184 g/mol. The molecule has 0 unspecified atom stereocenters. The summed E-state index contributed by atoms with van der Waals surface area (Å²) in [5.74, 6) is 0. The normalized spacial score (nSPS) is 33.9. The van der Waals surface area contributed by atoms with Crippen LogP contribution in [0.2, 0.25) is 0 Å². The maximum Gasteiger partial charge on any atom is 0.00492 e. The molecule has 1 saturated carbocycles. The van der Waals surface area contributed by atoms with Crippen LogP contribution in [-0.2, 0) is 0 Å². The van der Waals surface area contributed by atoms with Gasteiger partial charge in [0.05, 0.1) is 0 Å². The zero-order valence-electron chi connectivity index (χ0n) is 9.51. The quantitative estimate of drug-likeness (QED) is 0.722. The van der Waals surface area contributed by atoms with Gasteiger partial charge < -0.3 is 10.6 Å². The first-order chi connectivity index (χ1) is 5.93. The molecule has 0 radical (unpaired) electrons. The van der Waals surface area contributed by atoms with Crippen molar-refractivity contribution in [1.29, 1.82) is 0 Å². The fraction of sp³-hybridized carbons (Fsp3) is 1.00. The minimum Gasteiger partial charge on any atom is -0.328 e. The molecule has 0 aromatic rings. The number of nitrogens with zero attached hydrogens (tertiary/aromatic N) is 1. The van der Waals surface area contributed by atoms with Crippen molar-refractivity contribution in [3.8, 4) is 0 Å². The molecule has 1 rings (SSSR count). The largest absolute Gasteiger partial charge is 0.328 e. The number of rotatable bonds is 4. The molecule has 2 nitrogen and oxygen atoms in total. The van der Waals surface area contributed by atoms with Gasteiger partial charge in [-0.2, -0.15) is 0 Å². The van der Waals surface area contributed by atoms with Crippen LogP contribution >= 0.6 is 0 Å². The molecule has 0 saturated heterocycles. The maximum absolute atomic E-state index is 5.81. The molecule has 2 heteroatoms. The molecule has 0 aromatic carbocycles. The summed E-state index contributed by atoms with van der Waals surface area (Å²) in [5, 5.41) is 0. The third-order valence-corrected chi connectivity index (χ3v) is 3.46. The van der Waals surface area contributed by atoms with Gasteiger partial charge in [0.25, 0.3) is 0 Å². The Bertz CT molecular complexity index is 159. The van der Waals surface area contributed by atoms with Gasteiger partial charge >= 0.3 is 0 Å². The Labute approximate surface area is 82.5 Å². The van der Waals surface area contributed by atoms with Crippen molar-refractivity contribution in [1.82, 2.24) is 4.90 Å². The Hall–Kier alpha value is -0.0800. The first-order valence-corrected chi connectivity index (χ1v) is 5.39. The molecule has 0 aliphatic heterocycles. The third-order valence-electron chi connectivity index (χ3n) is 3.46. The molecule has 1 aliphatic rings. The first kappa shape index (κ1) is 11.0. The van der Waals surface area contributed by atoms with Crippen LogP contribution < -0.4 is 5.73 Å². The van der Waals surface area contributed by atoms with Crippen LogP contribution in [0.1, 0.15) is 40.0 Å². The van der Waals surface area contributed by atoms with E-state index in [4.69, 9.17) is 5.73 Å². The van der Waals surface area contributed by atoms with E-state index in [9.17, 15) is 0 Å². The average Bonchev–Trinajstić information content (AvgIpc) is 1.97. The molecule has 0 amide bonds. The lowest BCUT2D eigenvalue weighted by Gasteiger charge is -2.44. The van der Waals surface area contributed by atoms with Crippen molar-refractivity contribution >= 4 is 0 Å². The molecule has 0 heterocycles. The topological polar surface area (TPSA) is 29.3 Å². The molecule has 2 N–H and O–H groups in total. The lowest BCUT2D eigenvalue weighted by atomic mass is 9.65. The maximum atomic E-state index is 5.81. The Morgan fingerprint density at radius 1 is 1.46 bits per heavy atom. The van der Waals surface area contributed by atoms with Gasteiger partial charge in [0.15, 0.2) is 0 Å². The van der Waals surface area contributed by atoms with Crippen molar-refractivity contribution in [2.45, 2.75) is 52.1 Å². The summed E-state index contributed by atoms with van der Waals surface area (Å²) in [6.07, 6.45) is 3.74. The Morgan fingerprint density at radius 2 is 2.00 bits per heavy atom. The fourth-order valence-electron chi connectivity index (χ4n) is 2.11. The van der Waals surface area contributed by atoms with Crippen LogP contribution in [0.15, 0.2) is 0 Å². The van der Waals surface area contributed by atoms with E-state index >= 15 is 0 Å². The number of hydrogen-bond acceptors (Lipinski definition) is 2. The molecule has 1 aliphatic carbocycles. The van der Waals surface area contributed by atoms with E-state index in [-0.39, 0.29) is 0 Å². The smallest absolute Gasteiger partial charge is 0.00492 e. The van der Waals surface area contributed by atoms with E-state index < -0.39 is 0 Å². The van der Waals surface area contributed by atoms with Crippen LogP contribution in [0.5, 0.6) is 0 Å². The van der Waals surface area contributed by atoms with Gasteiger partial charge in [-0.3, -0.25) is 0 Å². The Morgan fingerprint density at radius 3 is 2.38 bits per heavy atom. The van der Waals surface area contributed by atoms with E-state index in [1.807, 2.05) is 0 Å². The summed E-state index contributed by atoms with van der Waals surface area (Å²) >= 11 is 0. The first-order valence-electron chi connectivity index (χ1n) is 5.39. The van der Waals surface area contributed by atoms with Gasteiger partial charge in [0.1, 0.15) is 0 Å². The molecule has 0 aromatic heterocycles. The lowest BCUT2D eigenvalue weighted by Crippen LogP contribution is -2.45. The average molecular weight is 184 g/mol. The molecular weight excluding hydrogens is 160 g/mol. The standard InChI is InChI=1S/C11H24N2/c1-9(2)13(4)6-5-11(3)7-10(12)8-11/h9-10H,5-8,12H2,1-4H3. The van der Waals surface area contributed by atoms with Crippen LogP contribution in [0.4, 0.5) is 0 Å². The summed E-state index contributed by atoms with van der Waals surface area (Å²) in [6, 6.07) is 1.15. The Balaban J connectivity index is 2.19. The molecular formula is C11H24N2. The highest BCUT2D eigenvalue weighted by molar-refractivity contribution is 4.93. The molecule has 0 atom stereocenters. The van der Waals surface area contributed by atoms with Crippen molar-refractivity contribution in [3.63, 3.8) is 0 Å². The van der Waals surface area contributed by atoms with Gasteiger partial charge in [0.2, 0.25) is 0 Å². The highest BCUT2D eigenvalue weighted by Crippen LogP contribution is 2.42. The van der Waals surface area contributed by atoms with Gasteiger partial charge in [-0.05, 0) is 52.1 Å². The summed E-state index contributed by atoms with van der Waals surface area (Å²) in [7, 11) is 2.20. The molecule has 78 valence electrons. The predicted molar refractivity (Wildman–Crippen MR) is 57.7 cm³/mol. The SMILES string of the molecule is CC(C)N(C)CCC1(C)CC(N)C1. The minimum atomic E-state index is 0.481. The summed E-state index contributed by atoms with van der Waals surface area (Å²) in [4.78, 5) is 2.41. The second-order valence-electron chi connectivity index (χ2n) is 5.30. The minimum absolute atomic E-state index is 0.481. The summed E-state index contributed by atoms with van der Waals surface area (Å²) in [5.41, 5.74) is 6.35. The zero-order valence-corrected chi connectivity index (χ0v) is 9.51. The number of hydrogen-bond donors (Lipinski definition) is 1. The van der Waals surface area contributed by atoms with Crippen molar-refractivity contribution in [2.75, 3.05) is 13.6 Å². The molecule has 0 spiro atoms. The molecule has 1 fully saturated rings. The highest BCUT2D eigenvalue weighted by Gasteiger charge is 2.37. The number of nitrogens with two attached hydrogens (primary N) is 1. The Kier molecular flexibility index (Phi) is 3.36. The molecule has 13 heavy (non-hydrogen) atoms. The fourth-order valence-corrected chi connectivity index (χ4v) is 2.11. The van der Waals surface area contributed by atoms with Crippen LogP contribution in [0.25, 0.3) is 0 Å². The van der Waals surface area contributed by atoms with Gasteiger partial charge in [0, 0.05) is 12.1 Å². The van der Waals surface area contributed by atoms with Gasteiger partial charge in [-0.15, -0.1) is 0 Å².